The molecule has 0 saturated heterocycles. The Labute approximate surface area is 65.6 Å². The van der Waals surface area contributed by atoms with Crippen LogP contribution in [0.3, 0.4) is 0 Å². The molecule has 1 rings (SSSR count). The molecule has 58 valence electrons. The normalized spacial score (nSPS) is 8.30. The van der Waals surface area contributed by atoms with Crippen LogP contribution in [-0.2, 0) is 0 Å². The predicted molar refractivity (Wildman–Crippen MR) is 44.5 cm³/mol. The summed E-state index contributed by atoms with van der Waals surface area (Å²) in [7, 11) is 0. The Morgan fingerprint density at radius 1 is 1.60 bits per heavy atom. The minimum absolute atomic E-state index is 0.289. The Morgan fingerprint density at radius 2 is 2.10 bits per heavy atom. The fourth-order valence-corrected chi connectivity index (χ4v) is 0.864. The summed E-state index contributed by atoms with van der Waals surface area (Å²) in [6.45, 7) is 6.10. The van der Waals surface area contributed by atoms with Gasteiger partial charge >= 0.3 is 0 Å². The Balaban J connectivity index is 0.000000236. The van der Waals surface area contributed by atoms with Gasteiger partial charge in [0.15, 0.2) is 5.06 Å². The van der Waals surface area contributed by atoms with Crippen molar-refractivity contribution in [1.82, 2.24) is 4.98 Å². The molecule has 0 aromatic carbocycles. The molecule has 0 aliphatic carbocycles. The third-order valence-electron chi connectivity index (χ3n) is 0.609. The van der Waals surface area contributed by atoms with Crippen LogP contribution in [0.5, 0.6) is 5.06 Å². The molecule has 3 heteroatoms. The molecule has 0 unspecified atom stereocenters. The SMILES string of the molecule is CCC.Cc1ncc(O)s1. The molecule has 0 atom stereocenters. The van der Waals surface area contributed by atoms with E-state index in [9.17, 15) is 0 Å². The minimum atomic E-state index is 0.289. The second kappa shape index (κ2) is 5.23. The number of nitrogens with zero attached hydrogens (tertiary/aromatic N) is 1. The number of hydrogen-bond donors (Lipinski definition) is 1. The average molecular weight is 159 g/mol. The first kappa shape index (κ1) is 9.43. The van der Waals surface area contributed by atoms with Gasteiger partial charge < -0.3 is 5.11 Å². The summed E-state index contributed by atoms with van der Waals surface area (Å²) < 4.78 is 0. The molecule has 1 N–H and O–H groups in total. The van der Waals surface area contributed by atoms with E-state index in [0.717, 1.165) is 5.01 Å². The van der Waals surface area contributed by atoms with Gasteiger partial charge in [0, 0.05) is 0 Å². The van der Waals surface area contributed by atoms with Crippen LogP contribution in [0.25, 0.3) is 0 Å². The van der Waals surface area contributed by atoms with Crippen molar-refractivity contribution < 1.29 is 5.11 Å². The van der Waals surface area contributed by atoms with E-state index in [-0.39, 0.29) is 5.06 Å². The molecule has 1 heterocycles. The van der Waals surface area contributed by atoms with Gasteiger partial charge in [-0.05, 0) is 6.92 Å². The fourth-order valence-electron chi connectivity index (χ4n) is 0.350. The smallest absolute Gasteiger partial charge is 0.191 e. The van der Waals surface area contributed by atoms with Gasteiger partial charge in [0.05, 0.1) is 11.2 Å². The van der Waals surface area contributed by atoms with Crippen molar-refractivity contribution in [3.8, 4) is 5.06 Å². The number of aromatic nitrogens is 1. The van der Waals surface area contributed by atoms with Crippen LogP contribution < -0.4 is 0 Å². The van der Waals surface area contributed by atoms with Gasteiger partial charge in [-0.2, -0.15) is 0 Å². The second-order valence-corrected chi connectivity index (χ2v) is 3.14. The maximum Gasteiger partial charge on any atom is 0.191 e. The van der Waals surface area contributed by atoms with Crippen LogP contribution in [0.15, 0.2) is 6.20 Å². The molecule has 1 aromatic rings. The Kier molecular flexibility index (Phi) is 4.94. The molecule has 0 saturated carbocycles. The van der Waals surface area contributed by atoms with Crippen molar-refractivity contribution in [2.24, 2.45) is 0 Å². The molecule has 0 aliphatic rings. The van der Waals surface area contributed by atoms with Gasteiger partial charge in [0.25, 0.3) is 0 Å². The first-order chi connectivity index (χ1) is 4.70. The van der Waals surface area contributed by atoms with Crippen LogP contribution in [0, 0.1) is 6.92 Å². The highest BCUT2D eigenvalue weighted by Gasteiger charge is 1.88. The van der Waals surface area contributed by atoms with Crippen LogP contribution in [0.1, 0.15) is 25.3 Å². The standard InChI is InChI=1S/C4H5NOS.C3H8/c1-3-5-2-4(6)7-3;1-3-2/h2,6H,1H3;3H2,1-2H3. The van der Waals surface area contributed by atoms with E-state index in [1.165, 1.54) is 24.0 Å². The maximum atomic E-state index is 8.61. The number of aromatic hydroxyl groups is 1. The van der Waals surface area contributed by atoms with Crippen molar-refractivity contribution in [2.45, 2.75) is 27.2 Å². The summed E-state index contributed by atoms with van der Waals surface area (Å²) in [5, 5.41) is 9.80. The van der Waals surface area contributed by atoms with Crippen molar-refractivity contribution in [3.05, 3.63) is 11.2 Å². The number of rotatable bonds is 0. The molecule has 0 aliphatic heterocycles. The molecule has 0 radical (unpaired) electrons. The zero-order valence-electron chi connectivity index (χ0n) is 6.59. The van der Waals surface area contributed by atoms with Crippen molar-refractivity contribution in [2.75, 3.05) is 0 Å². The molecule has 1 aromatic heterocycles. The van der Waals surface area contributed by atoms with Crippen LogP contribution in [-0.4, -0.2) is 10.1 Å². The highest BCUT2D eigenvalue weighted by atomic mass is 32.1. The zero-order chi connectivity index (χ0) is 7.98. The van der Waals surface area contributed by atoms with E-state index in [4.69, 9.17) is 5.11 Å². The van der Waals surface area contributed by atoms with Gasteiger partial charge in [-0.15, -0.1) is 0 Å². The van der Waals surface area contributed by atoms with E-state index in [0.29, 0.717) is 0 Å². The second-order valence-electron chi connectivity index (χ2n) is 1.92. The van der Waals surface area contributed by atoms with Crippen molar-refractivity contribution >= 4 is 11.3 Å². The summed E-state index contributed by atoms with van der Waals surface area (Å²) >= 11 is 1.29. The third kappa shape index (κ3) is 4.32. The summed E-state index contributed by atoms with van der Waals surface area (Å²) in [4.78, 5) is 3.78. The molecule has 0 amide bonds. The van der Waals surface area contributed by atoms with Gasteiger partial charge in [-0.1, -0.05) is 31.6 Å². The Hall–Kier alpha value is -0.570. The van der Waals surface area contributed by atoms with Crippen LogP contribution in [0.4, 0.5) is 0 Å². The molecule has 0 spiro atoms. The van der Waals surface area contributed by atoms with Crippen molar-refractivity contribution in [3.63, 3.8) is 0 Å². The average Bonchev–Trinajstić information content (AvgIpc) is 2.17. The molecular formula is C7H13NOS. The lowest BCUT2D eigenvalue weighted by Crippen LogP contribution is -1.56. The van der Waals surface area contributed by atoms with E-state index < -0.39 is 0 Å². The molecule has 2 nitrogen and oxygen atoms in total. The topological polar surface area (TPSA) is 33.1 Å². The molecule has 10 heavy (non-hydrogen) atoms. The Bertz CT molecular complexity index is 157. The monoisotopic (exact) mass is 159 g/mol. The molecule has 0 fully saturated rings. The summed E-state index contributed by atoms with van der Waals surface area (Å²) in [5.74, 6) is 0. The number of aryl methyl sites for hydroxylation is 1. The van der Waals surface area contributed by atoms with E-state index >= 15 is 0 Å². The van der Waals surface area contributed by atoms with Crippen LogP contribution >= 0.6 is 11.3 Å². The summed E-state index contributed by atoms with van der Waals surface area (Å²) in [5.41, 5.74) is 0. The van der Waals surface area contributed by atoms with E-state index in [1.807, 2.05) is 6.92 Å². The minimum Gasteiger partial charge on any atom is -0.498 e. The lowest BCUT2D eigenvalue weighted by atomic mass is 10.6. The Morgan fingerprint density at radius 3 is 2.20 bits per heavy atom. The predicted octanol–water partition coefficient (Wildman–Crippen LogP) is 2.57. The summed E-state index contributed by atoms with van der Waals surface area (Å²) in [6.07, 6.45) is 2.69. The highest BCUT2D eigenvalue weighted by Crippen LogP contribution is 2.16. The largest absolute Gasteiger partial charge is 0.498 e. The zero-order valence-corrected chi connectivity index (χ0v) is 7.40. The molecule has 0 bridgehead atoms. The molecular weight excluding hydrogens is 146 g/mol. The van der Waals surface area contributed by atoms with Crippen LogP contribution in [0.2, 0.25) is 0 Å². The van der Waals surface area contributed by atoms with Gasteiger partial charge in [0.2, 0.25) is 0 Å². The van der Waals surface area contributed by atoms with Crippen molar-refractivity contribution in [1.29, 1.82) is 0 Å². The first-order valence-corrected chi connectivity index (χ1v) is 4.13. The number of thiazole rings is 1. The summed E-state index contributed by atoms with van der Waals surface area (Å²) in [6, 6.07) is 0. The third-order valence-corrected chi connectivity index (χ3v) is 1.32. The fraction of sp³-hybridized carbons (Fsp3) is 0.571. The highest BCUT2D eigenvalue weighted by molar-refractivity contribution is 7.13. The number of hydrogen-bond acceptors (Lipinski definition) is 3. The van der Waals surface area contributed by atoms with Gasteiger partial charge in [-0.25, -0.2) is 4.98 Å². The van der Waals surface area contributed by atoms with E-state index in [1.54, 1.807) is 0 Å². The first-order valence-electron chi connectivity index (χ1n) is 3.32. The lowest BCUT2D eigenvalue weighted by Gasteiger charge is -1.69. The van der Waals surface area contributed by atoms with Gasteiger partial charge in [-0.3, -0.25) is 0 Å². The maximum absolute atomic E-state index is 8.61. The van der Waals surface area contributed by atoms with Gasteiger partial charge in [0.1, 0.15) is 0 Å². The van der Waals surface area contributed by atoms with E-state index in [2.05, 4.69) is 18.8 Å². The quantitative estimate of drug-likeness (QED) is 0.631. The lowest BCUT2D eigenvalue weighted by molar-refractivity contribution is 0.489.